The highest BCUT2D eigenvalue weighted by molar-refractivity contribution is 14.1. The van der Waals surface area contributed by atoms with Crippen molar-refractivity contribution < 1.29 is 4.68 Å². The number of aromatic nitrogens is 2. The van der Waals surface area contributed by atoms with Crippen molar-refractivity contribution >= 4 is 22.6 Å². The van der Waals surface area contributed by atoms with E-state index in [1.165, 1.54) is 9.26 Å². The van der Waals surface area contributed by atoms with Gasteiger partial charge in [-0.25, -0.2) is 0 Å². The van der Waals surface area contributed by atoms with Gasteiger partial charge in [0.15, 0.2) is 13.2 Å². The van der Waals surface area contributed by atoms with Crippen LogP contribution in [0.25, 0.3) is 5.69 Å². The Bertz CT molecular complexity index is 420. The van der Waals surface area contributed by atoms with Crippen molar-refractivity contribution in [1.82, 2.24) is 4.68 Å². The number of hydrogen-bond donors (Lipinski definition) is 0. The molecule has 0 amide bonds. The molecule has 3 heteroatoms. The molecule has 0 bridgehead atoms. The summed E-state index contributed by atoms with van der Waals surface area (Å²) in [6.45, 7) is 0. The predicted octanol–water partition coefficient (Wildman–Crippen LogP) is 1.91. The minimum Gasteiger partial charge on any atom is -0.128 e. The van der Waals surface area contributed by atoms with Crippen molar-refractivity contribution in [2.24, 2.45) is 7.05 Å². The zero-order chi connectivity index (χ0) is 9.26. The van der Waals surface area contributed by atoms with Crippen LogP contribution in [-0.4, -0.2) is 4.68 Å². The molecule has 2 aromatic rings. The second-order valence-corrected chi connectivity index (χ2v) is 4.02. The molecule has 0 N–H and O–H groups in total. The SMILES string of the molecule is C[n+]1cccn1-c1ccccc1I. The minimum atomic E-state index is 1.22. The van der Waals surface area contributed by atoms with E-state index in [-0.39, 0.29) is 0 Å². The molecular weight excluding hydrogens is 275 g/mol. The molecule has 0 spiro atoms. The lowest BCUT2D eigenvalue weighted by Crippen LogP contribution is -2.36. The molecule has 66 valence electrons. The summed E-state index contributed by atoms with van der Waals surface area (Å²) >= 11 is 2.34. The van der Waals surface area contributed by atoms with Gasteiger partial charge in [0.2, 0.25) is 0 Å². The first kappa shape index (κ1) is 8.74. The summed E-state index contributed by atoms with van der Waals surface area (Å²) in [7, 11) is 2.03. The van der Waals surface area contributed by atoms with Crippen LogP contribution in [0.1, 0.15) is 0 Å². The first-order valence-corrected chi connectivity index (χ1v) is 5.15. The van der Waals surface area contributed by atoms with Crippen LogP contribution in [0, 0.1) is 3.57 Å². The van der Waals surface area contributed by atoms with Crippen molar-refractivity contribution in [3.8, 4) is 5.69 Å². The minimum absolute atomic E-state index is 1.22. The molecule has 0 fully saturated rings. The Balaban J connectivity index is 2.59. The maximum Gasteiger partial charge on any atom is 0.195 e. The molecule has 0 saturated carbocycles. The summed E-state index contributed by atoms with van der Waals surface area (Å²) in [5, 5.41) is 0. The summed E-state index contributed by atoms with van der Waals surface area (Å²) < 4.78 is 5.42. The van der Waals surface area contributed by atoms with E-state index in [0.29, 0.717) is 0 Å². The average Bonchev–Trinajstić information content (AvgIpc) is 2.52. The molecule has 1 aromatic carbocycles. The fraction of sp³-hybridized carbons (Fsp3) is 0.100. The van der Waals surface area contributed by atoms with Crippen LogP contribution < -0.4 is 4.68 Å². The van der Waals surface area contributed by atoms with Crippen LogP contribution in [0.4, 0.5) is 0 Å². The quantitative estimate of drug-likeness (QED) is 0.559. The van der Waals surface area contributed by atoms with Crippen LogP contribution in [0.5, 0.6) is 0 Å². The standard InChI is InChI=1S/C10H10IN2/c1-12-7-4-8-13(12)10-6-3-2-5-9(10)11/h2-8H,1H3/q+1. The third-order valence-corrected chi connectivity index (χ3v) is 2.88. The van der Waals surface area contributed by atoms with Gasteiger partial charge in [0.05, 0.1) is 6.20 Å². The first-order valence-electron chi connectivity index (χ1n) is 4.07. The number of rotatable bonds is 1. The normalized spacial score (nSPS) is 10.3. The highest BCUT2D eigenvalue weighted by Crippen LogP contribution is 2.14. The van der Waals surface area contributed by atoms with E-state index in [1.807, 2.05) is 19.3 Å². The lowest BCUT2D eigenvalue weighted by Gasteiger charge is -2.01. The van der Waals surface area contributed by atoms with E-state index < -0.39 is 0 Å². The van der Waals surface area contributed by atoms with Gasteiger partial charge < -0.3 is 0 Å². The zero-order valence-electron chi connectivity index (χ0n) is 7.31. The lowest BCUT2D eigenvalue weighted by atomic mass is 10.3. The smallest absolute Gasteiger partial charge is 0.128 e. The van der Waals surface area contributed by atoms with E-state index in [0.717, 1.165) is 0 Å². The van der Waals surface area contributed by atoms with Gasteiger partial charge in [-0.1, -0.05) is 12.1 Å². The topological polar surface area (TPSA) is 8.81 Å². The zero-order valence-corrected chi connectivity index (χ0v) is 9.47. The molecule has 0 unspecified atom stereocenters. The maximum atomic E-state index is 2.34. The average molecular weight is 285 g/mol. The Morgan fingerprint density at radius 3 is 2.62 bits per heavy atom. The molecular formula is C10H10IN2+. The lowest BCUT2D eigenvalue weighted by molar-refractivity contribution is -0.744. The fourth-order valence-corrected chi connectivity index (χ4v) is 1.94. The Hall–Kier alpha value is -0.840. The van der Waals surface area contributed by atoms with Gasteiger partial charge >= 0.3 is 0 Å². The Morgan fingerprint density at radius 1 is 1.23 bits per heavy atom. The van der Waals surface area contributed by atoms with Gasteiger partial charge in [-0.15, -0.1) is 9.36 Å². The van der Waals surface area contributed by atoms with Crippen LogP contribution in [0.2, 0.25) is 0 Å². The highest BCUT2D eigenvalue weighted by Gasteiger charge is 2.07. The molecule has 0 aliphatic heterocycles. The van der Waals surface area contributed by atoms with Crippen LogP contribution >= 0.6 is 22.6 Å². The maximum absolute atomic E-state index is 2.34. The Kier molecular flexibility index (Phi) is 2.35. The number of hydrogen-bond acceptors (Lipinski definition) is 0. The van der Waals surface area contributed by atoms with Gasteiger partial charge in [0.1, 0.15) is 5.69 Å². The van der Waals surface area contributed by atoms with Crippen molar-refractivity contribution in [1.29, 1.82) is 0 Å². The summed E-state index contributed by atoms with van der Waals surface area (Å²) in [6, 6.07) is 10.4. The predicted molar refractivity (Wildman–Crippen MR) is 59.7 cm³/mol. The number of benzene rings is 1. The van der Waals surface area contributed by atoms with E-state index in [2.05, 4.69) is 62.4 Å². The van der Waals surface area contributed by atoms with Gasteiger partial charge in [0.25, 0.3) is 0 Å². The van der Waals surface area contributed by atoms with Gasteiger partial charge in [-0.3, -0.25) is 0 Å². The van der Waals surface area contributed by atoms with Crippen molar-refractivity contribution in [3.05, 3.63) is 46.3 Å². The number of aryl methyl sites for hydroxylation is 1. The number of para-hydroxylation sites is 1. The van der Waals surface area contributed by atoms with Crippen molar-refractivity contribution in [2.75, 3.05) is 0 Å². The van der Waals surface area contributed by atoms with Gasteiger partial charge in [0, 0.05) is 9.64 Å². The molecule has 0 saturated heterocycles. The third kappa shape index (κ3) is 1.60. The molecule has 1 heterocycles. The molecule has 1 aromatic heterocycles. The molecule has 0 atom stereocenters. The molecule has 0 aliphatic carbocycles. The van der Waals surface area contributed by atoms with Crippen molar-refractivity contribution in [3.63, 3.8) is 0 Å². The summed E-state index contributed by atoms with van der Waals surface area (Å²) in [5.74, 6) is 0. The fourth-order valence-electron chi connectivity index (χ4n) is 1.31. The summed E-state index contributed by atoms with van der Waals surface area (Å²) in [6.07, 6.45) is 4.08. The second-order valence-electron chi connectivity index (χ2n) is 2.86. The van der Waals surface area contributed by atoms with Crippen molar-refractivity contribution in [2.45, 2.75) is 0 Å². The molecule has 0 radical (unpaired) electrons. The highest BCUT2D eigenvalue weighted by atomic mass is 127. The Labute approximate surface area is 90.9 Å². The van der Waals surface area contributed by atoms with Crippen LogP contribution in [0.15, 0.2) is 42.7 Å². The van der Waals surface area contributed by atoms with E-state index in [1.54, 1.807) is 0 Å². The van der Waals surface area contributed by atoms with Gasteiger partial charge in [-0.2, -0.15) is 0 Å². The number of halogens is 1. The van der Waals surface area contributed by atoms with Crippen LogP contribution in [-0.2, 0) is 7.05 Å². The van der Waals surface area contributed by atoms with Gasteiger partial charge in [-0.05, 0) is 34.7 Å². The largest absolute Gasteiger partial charge is 0.195 e. The summed E-state index contributed by atoms with van der Waals surface area (Å²) in [4.78, 5) is 0. The summed E-state index contributed by atoms with van der Waals surface area (Å²) in [5.41, 5.74) is 1.22. The van der Waals surface area contributed by atoms with E-state index in [4.69, 9.17) is 0 Å². The molecule has 13 heavy (non-hydrogen) atoms. The van der Waals surface area contributed by atoms with E-state index in [9.17, 15) is 0 Å². The third-order valence-electron chi connectivity index (χ3n) is 1.97. The van der Waals surface area contributed by atoms with Crippen LogP contribution in [0.3, 0.4) is 0 Å². The molecule has 2 nitrogen and oxygen atoms in total. The first-order chi connectivity index (χ1) is 6.29. The van der Waals surface area contributed by atoms with E-state index >= 15 is 0 Å². The monoisotopic (exact) mass is 285 g/mol. The number of nitrogens with zero attached hydrogens (tertiary/aromatic N) is 2. The molecule has 2 rings (SSSR count). The molecule has 0 aliphatic rings. The second kappa shape index (κ2) is 3.49. The Morgan fingerprint density at radius 2 is 2.00 bits per heavy atom.